The van der Waals surface area contributed by atoms with Crippen molar-refractivity contribution in [3.63, 3.8) is 0 Å². The van der Waals surface area contributed by atoms with E-state index < -0.39 is 5.82 Å². The van der Waals surface area contributed by atoms with Crippen molar-refractivity contribution in [3.05, 3.63) is 85.0 Å². The number of aryl methyl sites for hydroxylation is 1. The number of likely N-dealkylation sites (N-methyl/N-ethyl adjacent to an activating group) is 1. The highest BCUT2D eigenvalue weighted by Gasteiger charge is 2.31. The fourth-order valence-electron chi connectivity index (χ4n) is 5.48. The minimum absolute atomic E-state index is 0.0906. The predicted octanol–water partition coefficient (Wildman–Crippen LogP) is 5.58. The Morgan fingerprint density at radius 3 is 2.93 bits per heavy atom. The molecule has 1 aromatic carbocycles. The standard InChI is InChI=1S/C30H29FN8O2/c1-4-28(40)38(3)15-19-6-5-7-21(19)23-8-9-24-29(36-23)30(34-16-32-24)37-25-12-18(2)26(14-22(25)31)41-20-10-11-39-27(13-20)33-17-35-39/h4,8-14,16-17,19,21H,1,5-7,15H2,2-3H3,(H,32,34,37)/t19-,21+/m0/s1. The first-order chi connectivity index (χ1) is 19.9. The molecule has 0 unspecified atom stereocenters. The van der Waals surface area contributed by atoms with E-state index >= 15 is 4.39 Å². The van der Waals surface area contributed by atoms with Crippen LogP contribution in [0.2, 0.25) is 0 Å². The van der Waals surface area contributed by atoms with Crippen molar-refractivity contribution in [2.24, 2.45) is 5.92 Å². The molecule has 1 N–H and O–H groups in total. The van der Waals surface area contributed by atoms with E-state index in [1.54, 1.807) is 40.9 Å². The lowest BCUT2D eigenvalue weighted by Crippen LogP contribution is -2.31. The zero-order valence-electron chi connectivity index (χ0n) is 22.8. The number of benzene rings is 1. The molecule has 0 radical (unpaired) electrons. The summed E-state index contributed by atoms with van der Waals surface area (Å²) in [5, 5.41) is 7.19. The van der Waals surface area contributed by atoms with E-state index in [0.29, 0.717) is 40.5 Å². The Kier molecular flexibility index (Phi) is 7.00. The van der Waals surface area contributed by atoms with E-state index in [1.165, 1.54) is 24.8 Å². The Balaban J connectivity index is 1.26. The quantitative estimate of drug-likeness (QED) is 0.249. The Bertz CT molecular complexity index is 1770. The zero-order valence-corrected chi connectivity index (χ0v) is 22.8. The first-order valence-corrected chi connectivity index (χ1v) is 13.4. The van der Waals surface area contributed by atoms with Gasteiger partial charge in [-0.15, -0.1) is 0 Å². The molecule has 1 amide bonds. The molecule has 2 atom stereocenters. The van der Waals surface area contributed by atoms with Gasteiger partial charge < -0.3 is 15.0 Å². The van der Waals surface area contributed by atoms with Crippen LogP contribution in [0.3, 0.4) is 0 Å². The second-order valence-electron chi connectivity index (χ2n) is 10.3. The van der Waals surface area contributed by atoms with Gasteiger partial charge in [-0.25, -0.2) is 28.8 Å². The lowest BCUT2D eigenvalue weighted by atomic mass is 9.91. The number of fused-ring (bicyclic) bond motifs is 2. The largest absolute Gasteiger partial charge is 0.457 e. The lowest BCUT2D eigenvalue weighted by molar-refractivity contribution is -0.125. The van der Waals surface area contributed by atoms with E-state index in [0.717, 1.165) is 30.5 Å². The summed E-state index contributed by atoms with van der Waals surface area (Å²) in [4.78, 5) is 31.6. The molecular formula is C30H29FN8O2. The second-order valence-corrected chi connectivity index (χ2v) is 10.3. The van der Waals surface area contributed by atoms with Gasteiger partial charge in [-0.2, -0.15) is 5.10 Å². The van der Waals surface area contributed by atoms with Gasteiger partial charge in [-0.3, -0.25) is 4.79 Å². The average Bonchev–Trinajstić information content (AvgIpc) is 3.64. The lowest BCUT2D eigenvalue weighted by Gasteiger charge is -2.25. The fourth-order valence-corrected chi connectivity index (χ4v) is 5.48. The van der Waals surface area contributed by atoms with Crippen molar-refractivity contribution in [2.45, 2.75) is 32.1 Å². The molecule has 41 heavy (non-hydrogen) atoms. The van der Waals surface area contributed by atoms with Gasteiger partial charge >= 0.3 is 0 Å². The van der Waals surface area contributed by atoms with E-state index in [4.69, 9.17) is 9.72 Å². The van der Waals surface area contributed by atoms with Crippen LogP contribution in [0, 0.1) is 18.7 Å². The number of aromatic nitrogens is 6. The number of ether oxygens (including phenoxy) is 1. The van der Waals surface area contributed by atoms with Gasteiger partial charge in [0.1, 0.15) is 35.5 Å². The highest BCUT2D eigenvalue weighted by atomic mass is 19.1. The van der Waals surface area contributed by atoms with Crippen LogP contribution in [0.4, 0.5) is 15.9 Å². The molecule has 208 valence electrons. The first-order valence-electron chi connectivity index (χ1n) is 13.4. The number of halogens is 1. The molecule has 4 heterocycles. The number of pyridine rings is 2. The monoisotopic (exact) mass is 552 g/mol. The summed E-state index contributed by atoms with van der Waals surface area (Å²) in [6.45, 7) is 6.07. The third-order valence-corrected chi connectivity index (χ3v) is 7.60. The van der Waals surface area contributed by atoms with Gasteiger partial charge in [0.05, 0.1) is 11.2 Å². The van der Waals surface area contributed by atoms with Crippen LogP contribution in [0.1, 0.15) is 36.4 Å². The van der Waals surface area contributed by atoms with E-state index in [-0.39, 0.29) is 23.4 Å². The minimum Gasteiger partial charge on any atom is -0.457 e. The topological polar surface area (TPSA) is 110 Å². The van der Waals surface area contributed by atoms with Crippen molar-refractivity contribution in [3.8, 4) is 11.5 Å². The SMILES string of the molecule is C=CC(=O)N(C)C[C@@H]1CCC[C@H]1c1ccc2ncnc(Nc3cc(C)c(Oc4ccn5ncnc5c4)cc3F)c2n1. The molecule has 0 aliphatic heterocycles. The number of nitrogens with zero attached hydrogens (tertiary/aromatic N) is 7. The van der Waals surface area contributed by atoms with Crippen LogP contribution in [0.15, 0.2) is 67.9 Å². The van der Waals surface area contributed by atoms with Crippen LogP contribution in [0.25, 0.3) is 16.7 Å². The third-order valence-electron chi connectivity index (χ3n) is 7.60. The maximum Gasteiger partial charge on any atom is 0.245 e. The number of hydrogen-bond acceptors (Lipinski definition) is 8. The van der Waals surface area contributed by atoms with Gasteiger partial charge in [0.2, 0.25) is 5.91 Å². The molecular weight excluding hydrogens is 523 g/mol. The van der Waals surface area contributed by atoms with Crippen molar-refractivity contribution < 1.29 is 13.9 Å². The van der Waals surface area contributed by atoms with Crippen molar-refractivity contribution in [2.75, 3.05) is 18.9 Å². The van der Waals surface area contributed by atoms with Gasteiger partial charge in [-0.1, -0.05) is 13.0 Å². The summed E-state index contributed by atoms with van der Waals surface area (Å²) in [6.07, 6.45) is 9.02. The summed E-state index contributed by atoms with van der Waals surface area (Å²) in [6, 6.07) is 10.4. The number of hydrogen-bond donors (Lipinski definition) is 1. The average molecular weight is 553 g/mol. The number of anilines is 2. The smallest absolute Gasteiger partial charge is 0.245 e. The van der Waals surface area contributed by atoms with Crippen LogP contribution in [0.5, 0.6) is 11.5 Å². The van der Waals surface area contributed by atoms with E-state index in [2.05, 4.69) is 31.9 Å². The van der Waals surface area contributed by atoms with E-state index in [9.17, 15) is 4.79 Å². The molecule has 1 aliphatic carbocycles. The van der Waals surface area contributed by atoms with Crippen LogP contribution in [-0.2, 0) is 4.79 Å². The number of nitrogens with one attached hydrogen (secondary N) is 1. The summed E-state index contributed by atoms with van der Waals surface area (Å²) in [5.74, 6) is 1.21. The van der Waals surface area contributed by atoms with Gasteiger partial charge in [-0.05, 0) is 61.6 Å². The summed E-state index contributed by atoms with van der Waals surface area (Å²) >= 11 is 0. The number of amides is 1. The number of carbonyl (C=O) groups excluding carboxylic acids is 1. The molecule has 4 aromatic heterocycles. The second kappa shape index (κ2) is 10.9. The summed E-state index contributed by atoms with van der Waals surface area (Å²) in [5.41, 5.74) is 3.74. The van der Waals surface area contributed by atoms with Crippen LogP contribution < -0.4 is 10.1 Å². The Morgan fingerprint density at radius 1 is 1.20 bits per heavy atom. The van der Waals surface area contributed by atoms with Crippen molar-refractivity contribution in [1.82, 2.24) is 34.4 Å². The first kappa shape index (κ1) is 26.3. The third kappa shape index (κ3) is 5.30. The number of rotatable bonds is 8. The maximum absolute atomic E-state index is 15.3. The van der Waals surface area contributed by atoms with E-state index in [1.807, 2.05) is 19.1 Å². The molecule has 0 saturated heterocycles. The molecule has 1 aliphatic rings. The molecule has 0 bridgehead atoms. The summed E-state index contributed by atoms with van der Waals surface area (Å²) < 4.78 is 22.9. The zero-order chi connectivity index (χ0) is 28.5. The molecule has 1 saturated carbocycles. The number of carbonyl (C=O) groups is 1. The highest BCUT2D eigenvalue weighted by Crippen LogP contribution is 2.40. The van der Waals surface area contributed by atoms with Gasteiger partial charge in [0.25, 0.3) is 0 Å². The summed E-state index contributed by atoms with van der Waals surface area (Å²) in [7, 11) is 1.80. The normalized spacial score (nSPS) is 16.7. The Morgan fingerprint density at radius 2 is 2.07 bits per heavy atom. The fraction of sp³-hybridized carbons (Fsp3) is 0.267. The minimum atomic E-state index is -0.497. The molecule has 11 heteroatoms. The molecule has 0 spiro atoms. The highest BCUT2D eigenvalue weighted by molar-refractivity contribution is 5.87. The van der Waals surface area contributed by atoms with Crippen LogP contribution in [-0.4, -0.2) is 53.9 Å². The predicted molar refractivity (Wildman–Crippen MR) is 153 cm³/mol. The Hall–Kier alpha value is -4.93. The molecule has 6 rings (SSSR count). The Labute approximate surface area is 235 Å². The molecule has 1 fully saturated rings. The maximum atomic E-state index is 15.3. The molecule has 10 nitrogen and oxygen atoms in total. The van der Waals surface area contributed by atoms with Crippen molar-refractivity contribution in [1.29, 1.82) is 0 Å². The molecule has 5 aromatic rings. The van der Waals surface area contributed by atoms with Crippen LogP contribution >= 0.6 is 0 Å². The van der Waals surface area contributed by atoms with Gasteiger partial charge in [0.15, 0.2) is 11.5 Å². The van der Waals surface area contributed by atoms with Gasteiger partial charge in [0, 0.05) is 43.5 Å². The van der Waals surface area contributed by atoms with Crippen molar-refractivity contribution >= 4 is 34.1 Å².